The Morgan fingerprint density at radius 1 is 1.29 bits per heavy atom. The van der Waals surface area contributed by atoms with Crippen molar-refractivity contribution in [3.8, 4) is 11.5 Å². The molecule has 3 rings (SSSR count). The van der Waals surface area contributed by atoms with E-state index in [2.05, 4.69) is 4.90 Å². The van der Waals surface area contributed by atoms with Crippen molar-refractivity contribution in [2.45, 2.75) is 38.1 Å². The van der Waals surface area contributed by atoms with Crippen LogP contribution in [-0.2, 0) is 11.2 Å². The second-order valence-corrected chi connectivity index (χ2v) is 5.96. The second-order valence-electron chi connectivity index (χ2n) is 5.96. The summed E-state index contributed by atoms with van der Waals surface area (Å²) in [7, 11) is 0. The minimum atomic E-state index is -0.785. The molecule has 1 unspecified atom stereocenters. The zero-order chi connectivity index (χ0) is 14.9. The molecule has 1 N–H and O–H groups in total. The Bertz CT molecular complexity index is 539. The molecular weight excluding hydrogens is 270 g/mol. The molecule has 0 amide bonds. The van der Waals surface area contributed by atoms with Gasteiger partial charge in [0.1, 0.15) is 5.54 Å². The number of fused-ring (bicyclic) bond motifs is 1. The van der Waals surface area contributed by atoms with Crippen LogP contribution in [0.3, 0.4) is 0 Å². The lowest BCUT2D eigenvalue weighted by molar-refractivity contribution is -0.150. The lowest BCUT2D eigenvalue weighted by atomic mass is 9.91. The third-order valence-corrected chi connectivity index (χ3v) is 4.60. The molecule has 1 aromatic rings. The largest absolute Gasteiger partial charge is 0.480 e. The summed E-state index contributed by atoms with van der Waals surface area (Å²) in [5, 5.41) is 9.64. The maximum Gasteiger partial charge on any atom is 0.323 e. The van der Waals surface area contributed by atoms with E-state index in [-0.39, 0.29) is 6.79 Å². The third-order valence-electron chi connectivity index (χ3n) is 4.60. The van der Waals surface area contributed by atoms with E-state index in [4.69, 9.17) is 9.47 Å². The van der Waals surface area contributed by atoms with E-state index in [1.807, 2.05) is 25.1 Å². The van der Waals surface area contributed by atoms with Gasteiger partial charge in [-0.3, -0.25) is 9.69 Å². The number of carboxylic acid groups (broad SMARTS) is 1. The first-order chi connectivity index (χ1) is 10.1. The number of carboxylic acids is 1. The van der Waals surface area contributed by atoms with Crippen LogP contribution in [0.2, 0.25) is 0 Å². The van der Waals surface area contributed by atoms with Gasteiger partial charge in [0.05, 0.1) is 0 Å². The van der Waals surface area contributed by atoms with E-state index in [9.17, 15) is 9.90 Å². The lowest BCUT2D eigenvalue weighted by Crippen LogP contribution is -2.51. The fourth-order valence-electron chi connectivity index (χ4n) is 3.10. The van der Waals surface area contributed by atoms with Crippen LogP contribution < -0.4 is 9.47 Å². The van der Waals surface area contributed by atoms with E-state index >= 15 is 0 Å². The Labute approximate surface area is 124 Å². The Morgan fingerprint density at radius 2 is 2.00 bits per heavy atom. The molecule has 0 radical (unpaired) electrons. The summed E-state index contributed by atoms with van der Waals surface area (Å²) >= 11 is 0. The zero-order valence-electron chi connectivity index (χ0n) is 12.3. The Kier molecular flexibility index (Phi) is 3.76. The van der Waals surface area contributed by atoms with Crippen molar-refractivity contribution in [1.29, 1.82) is 0 Å². The van der Waals surface area contributed by atoms with Crippen molar-refractivity contribution in [1.82, 2.24) is 4.90 Å². The van der Waals surface area contributed by atoms with Crippen molar-refractivity contribution in [3.05, 3.63) is 23.8 Å². The number of aryl methyl sites for hydroxylation is 1. The van der Waals surface area contributed by atoms with Gasteiger partial charge in [-0.25, -0.2) is 0 Å². The fraction of sp³-hybridized carbons (Fsp3) is 0.562. The molecule has 0 saturated carbocycles. The van der Waals surface area contributed by atoms with Gasteiger partial charge in [-0.1, -0.05) is 6.07 Å². The Balaban J connectivity index is 1.70. The molecule has 21 heavy (non-hydrogen) atoms. The van der Waals surface area contributed by atoms with Gasteiger partial charge in [0.15, 0.2) is 11.5 Å². The number of likely N-dealkylation sites (tertiary alicyclic amines) is 1. The van der Waals surface area contributed by atoms with Gasteiger partial charge < -0.3 is 14.6 Å². The van der Waals surface area contributed by atoms with Crippen molar-refractivity contribution in [2.24, 2.45) is 0 Å². The van der Waals surface area contributed by atoms with E-state index < -0.39 is 11.5 Å². The first-order valence-electron chi connectivity index (χ1n) is 7.46. The lowest BCUT2D eigenvalue weighted by Gasteiger charge is -2.35. The molecule has 5 nitrogen and oxygen atoms in total. The van der Waals surface area contributed by atoms with Crippen LogP contribution >= 0.6 is 0 Å². The van der Waals surface area contributed by atoms with Crippen LogP contribution in [0.5, 0.6) is 11.5 Å². The maximum atomic E-state index is 11.7. The summed E-state index contributed by atoms with van der Waals surface area (Å²) in [6.07, 6.45) is 3.50. The van der Waals surface area contributed by atoms with Crippen LogP contribution in [0.1, 0.15) is 31.7 Å². The summed E-state index contributed by atoms with van der Waals surface area (Å²) < 4.78 is 10.7. The molecule has 0 spiro atoms. The van der Waals surface area contributed by atoms with E-state index in [1.165, 1.54) is 0 Å². The second kappa shape index (κ2) is 5.56. The van der Waals surface area contributed by atoms with Gasteiger partial charge in [-0.15, -0.1) is 0 Å². The smallest absolute Gasteiger partial charge is 0.323 e. The van der Waals surface area contributed by atoms with Gasteiger partial charge in [0, 0.05) is 0 Å². The standard InChI is InChI=1S/C16H21NO4/c1-16(15(18)19,17-8-2-3-9-17)7-6-12-4-5-13-14(10-12)21-11-20-13/h4-5,10H,2-3,6-9,11H2,1H3,(H,18,19). The van der Waals surface area contributed by atoms with E-state index in [0.717, 1.165) is 49.4 Å². The average Bonchev–Trinajstić information content (AvgIpc) is 3.14. The summed E-state index contributed by atoms with van der Waals surface area (Å²) in [4.78, 5) is 13.8. The van der Waals surface area contributed by atoms with Gasteiger partial charge in [0.2, 0.25) is 6.79 Å². The summed E-state index contributed by atoms with van der Waals surface area (Å²) in [5.41, 5.74) is 0.304. The molecule has 1 aromatic carbocycles. The molecule has 2 aliphatic rings. The summed E-state index contributed by atoms with van der Waals surface area (Å²) in [5.74, 6) is 0.787. The first kappa shape index (κ1) is 14.2. The normalized spacial score (nSPS) is 20.4. The molecule has 5 heteroatoms. The molecule has 114 valence electrons. The summed E-state index contributed by atoms with van der Waals surface area (Å²) in [6, 6.07) is 5.83. The molecule has 1 atom stereocenters. The van der Waals surface area contributed by atoms with Gasteiger partial charge in [-0.05, 0) is 63.4 Å². The van der Waals surface area contributed by atoms with Crippen LogP contribution in [0.4, 0.5) is 0 Å². The quantitative estimate of drug-likeness (QED) is 0.902. The molecule has 2 aliphatic heterocycles. The number of hydrogen-bond acceptors (Lipinski definition) is 4. The fourth-order valence-corrected chi connectivity index (χ4v) is 3.10. The molecule has 1 saturated heterocycles. The van der Waals surface area contributed by atoms with Gasteiger partial charge >= 0.3 is 5.97 Å². The number of ether oxygens (including phenoxy) is 2. The van der Waals surface area contributed by atoms with Crippen molar-refractivity contribution >= 4 is 5.97 Å². The molecular formula is C16H21NO4. The van der Waals surface area contributed by atoms with E-state index in [0.29, 0.717) is 6.42 Å². The number of nitrogens with zero attached hydrogens (tertiary/aromatic N) is 1. The van der Waals surface area contributed by atoms with Gasteiger partial charge in [0.25, 0.3) is 0 Å². The Morgan fingerprint density at radius 3 is 2.71 bits per heavy atom. The molecule has 2 heterocycles. The SMILES string of the molecule is CC(CCc1ccc2c(c1)OCO2)(C(=O)O)N1CCCC1. The highest BCUT2D eigenvalue weighted by Gasteiger charge is 2.40. The van der Waals surface area contributed by atoms with Crippen LogP contribution in [-0.4, -0.2) is 41.4 Å². The molecule has 0 aliphatic carbocycles. The predicted octanol–water partition coefficient (Wildman–Crippen LogP) is 2.29. The van der Waals surface area contributed by atoms with Crippen LogP contribution in [0.15, 0.2) is 18.2 Å². The van der Waals surface area contributed by atoms with Crippen molar-refractivity contribution < 1.29 is 19.4 Å². The molecule has 1 fully saturated rings. The predicted molar refractivity (Wildman–Crippen MR) is 77.7 cm³/mol. The monoisotopic (exact) mass is 291 g/mol. The number of benzene rings is 1. The highest BCUT2D eigenvalue weighted by atomic mass is 16.7. The minimum absolute atomic E-state index is 0.263. The Hall–Kier alpha value is -1.75. The highest BCUT2D eigenvalue weighted by molar-refractivity contribution is 5.78. The number of carbonyl (C=O) groups is 1. The third kappa shape index (κ3) is 2.70. The number of rotatable bonds is 5. The van der Waals surface area contributed by atoms with Crippen LogP contribution in [0, 0.1) is 0 Å². The number of hydrogen-bond donors (Lipinski definition) is 1. The van der Waals surface area contributed by atoms with Crippen LogP contribution in [0.25, 0.3) is 0 Å². The van der Waals surface area contributed by atoms with Gasteiger partial charge in [-0.2, -0.15) is 0 Å². The molecule has 0 bridgehead atoms. The first-order valence-corrected chi connectivity index (χ1v) is 7.46. The average molecular weight is 291 g/mol. The number of aliphatic carboxylic acids is 1. The summed E-state index contributed by atoms with van der Waals surface area (Å²) in [6.45, 7) is 3.86. The van der Waals surface area contributed by atoms with Crippen molar-refractivity contribution in [3.63, 3.8) is 0 Å². The molecule has 0 aromatic heterocycles. The topological polar surface area (TPSA) is 59.0 Å². The van der Waals surface area contributed by atoms with Crippen molar-refractivity contribution in [2.75, 3.05) is 19.9 Å². The van der Waals surface area contributed by atoms with E-state index in [1.54, 1.807) is 0 Å². The maximum absolute atomic E-state index is 11.7. The highest BCUT2D eigenvalue weighted by Crippen LogP contribution is 2.34. The minimum Gasteiger partial charge on any atom is -0.480 e. The zero-order valence-corrected chi connectivity index (χ0v) is 12.3.